The number of anilines is 1. The summed E-state index contributed by atoms with van der Waals surface area (Å²) in [6.07, 6.45) is 2.84. The number of urea groups is 1. The van der Waals surface area contributed by atoms with Gasteiger partial charge < -0.3 is 15.1 Å². The van der Waals surface area contributed by atoms with Gasteiger partial charge in [0.05, 0.1) is 4.90 Å². The quantitative estimate of drug-likeness (QED) is 0.531. The summed E-state index contributed by atoms with van der Waals surface area (Å²) >= 11 is 0. The van der Waals surface area contributed by atoms with Gasteiger partial charge in [-0.25, -0.2) is 13.2 Å². The molecule has 35 heavy (non-hydrogen) atoms. The van der Waals surface area contributed by atoms with Crippen LogP contribution in [0.25, 0.3) is 0 Å². The third kappa shape index (κ3) is 7.62. The molecule has 0 aliphatic carbocycles. The average molecular weight is 501 g/mol. The third-order valence-electron chi connectivity index (χ3n) is 6.33. The maximum atomic E-state index is 13.3. The van der Waals surface area contributed by atoms with Gasteiger partial charge in [0, 0.05) is 56.3 Å². The number of Topliss-reactive ketones (excluding diaryl/α,β-unsaturated/α-hetero) is 1. The van der Waals surface area contributed by atoms with Crippen LogP contribution in [-0.2, 0) is 16.4 Å². The van der Waals surface area contributed by atoms with Gasteiger partial charge in [-0.1, -0.05) is 30.3 Å². The van der Waals surface area contributed by atoms with Gasteiger partial charge in [0.2, 0.25) is 0 Å². The fourth-order valence-electron chi connectivity index (χ4n) is 4.40. The van der Waals surface area contributed by atoms with Crippen molar-refractivity contribution in [3.63, 3.8) is 0 Å². The van der Waals surface area contributed by atoms with Gasteiger partial charge in [-0.05, 0) is 57.6 Å². The number of nitrogens with one attached hydrogen (secondary N) is 1. The van der Waals surface area contributed by atoms with E-state index >= 15 is 0 Å². The van der Waals surface area contributed by atoms with Crippen LogP contribution in [0.15, 0.2) is 53.4 Å². The molecule has 1 aliphatic rings. The number of benzene rings is 2. The zero-order valence-electron chi connectivity index (χ0n) is 21.0. The zero-order valence-corrected chi connectivity index (χ0v) is 21.8. The van der Waals surface area contributed by atoms with Crippen LogP contribution in [0.3, 0.4) is 0 Å². The summed E-state index contributed by atoms with van der Waals surface area (Å²) in [5.74, 6) is -0.0459. The number of rotatable bonds is 9. The van der Waals surface area contributed by atoms with Crippen LogP contribution < -0.4 is 5.32 Å². The van der Waals surface area contributed by atoms with Gasteiger partial charge in [-0.3, -0.25) is 9.69 Å². The largest absolute Gasteiger partial charge is 0.322 e. The second-order valence-electron chi connectivity index (χ2n) is 9.45. The molecule has 1 saturated heterocycles. The molecule has 3 rings (SSSR count). The van der Waals surface area contributed by atoms with Crippen molar-refractivity contribution in [3.8, 4) is 0 Å². The SMILES string of the molecule is CC(=O)c1cccc(NC(=O)N(CCN(C)C)C2CCN(Cc3ccccc3S(C)(=O)=O)CC2)c1. The van der Waals surface area contributed by atoms with E-state index in [1.165, 1.54) is 13.2 Å². The van der Waals surface area contributed by atoms with Crippen LogP contribution >= 0.6 is 0 Å². The van der Waals surface area contributed by atoms with Crippen molar-refractivity contribution < 1.29 is 18.0 Å². The van der Waals surface area contributed by atoms with Gasteiger partial charge in [-0.15, -0.1) is 0 Å². The van der Waals surface area contributed by atoms with Crippen LogP contribution in [0.2, 0.25) is 0 Å². The molecule has 0 saturated carbocycles. The lowest BCUT2D eigenvalue weighted by molar-refractivity contribution is 0.101. The topological polar surface area (TPSA) is 90.0 Å². The first kappa shape index (κ1) is 26.8. The van der Waals surface area contributed by atoms with Crippen molar-refractivity contribution in [1.82, 2.24) is 14.7 Å². The number of amides is 2. The highest BCUT2D eigenvalue weighted by Crippen LogP contribution is 2.23. The Labute approximate surface area is 208 Å². The first-order valence-corrected chi connectivity index (χ1v) is 13.8. The molecule has 0 radical (unpaired) electrons. The molecular formula is C26H36N4O4S. The van der Waals surface area contributed by atoms with E-state index in [0.717, 1.165) is 38.0 Å². The Balaban J connectivity index is 1.67. The van der Waals surface area contributed by atoms with E-state index in [0.29, 0.717) is 29.2 Å². The summed E-state index contributed by atoms with van der Waals surface area (Å²) in [6, 6.07) is 14.0. The Morgan fingerprint density at radius 1 is 1.03 bits per heavy atom. The van der Waals surface area contributed by atoms with Gasteiger partial charge in [0.1, 0.15) is 0 Å². The lowest BCUT2D eigenvalue weighted by atomic mass is 10.0. The maximum absolute atomic E-state index is 13.3. The normalized spacial score (nSPS) is 15.2. The van der Waals surface area contributed by atoms with Crippen LogP contribution in [0.5, 0.6) is 0 Å². The molecule has 1 aliphatic heterocycles. The van der Waals surface area contributed by atoms with E-state index in [-0.39, 0.29) is 17.9 Å². The summed E-state index contributed by atoms with van der Waals surface area (Å²) in [4.78, 5) is 31.5. The standard InChI is InChI=1S/C26H36N4O4S/c1-20(31)21-9-7-10-23(18-21)27-26(32)30(17-16-28(2)3)24-12-14-29(15-13-24)19-22-8-5-6-11-25(22)35(4,33)34/h5-11,18,24H,12-17,19H2,1-4H3,(H,27,32). The number of hydrogen-bond acceptors (Lipinski definition) is 6. The Morgan fingerprint density at radius 3 is 2.34 bits per heavy atom. The molecule has 1 fully saturated rings. The van der Waals surface area contributed by atoms with Crippen LogP contribution in [0.4, 0.5) is 10.5 Å². The fourth-order valence-corrected chi connectivity index (χ4v) is 5.33. The molecule has 0 atom stereocenters. The first-order chi connectivity index (χ1) is 16.5. The van der Waals surface area contributed by atoms with Gasteiger partial charge in [0.15, 0.2) is 15.6 Å². The van der Waals surface area contributed by atoms with Crippen molar-refractivity contribution in [2.75, 3.05) is 51.8 Å². The lowest BCUT2D eigenvalue weighted by Gasteiger charge is -2.39. The fraction of sp³-hybridized carbons (Fsp3) is 0.462. The maximum Gasteiger partial charge on any atom is 0.322 e. The molecule has 2 aromatic rings. The van der Waals surface area contributed by atoms with E-state index in [9.17, 15) is 18.0 Å². The van der Waals surface area contributed by atoms with E-state index in [1.807, 2.05) is 36.0 Å². The monoisotopic (exact) mass is 500 g/mol. The highest BCUT2D eigenvalue weighted by molar-refractivity contribution is 7.90. The molecule has 2 amide bonds. The summed E-state index contributed by atoms with van der Waals surface area (Å²) in [5.41, 5.74) is 1.97. The number of sulfone groups is 1. The molecule has 190 valence electrons. The molecule has 2 aromatic carbocycles. The van der Waals surface area contributed by atoms with Gasteiger partial charge in [-0.2, -0.15) is 0 Å². The number of hydrogen-bond donors (Lipinski definition) is 1. The number of ketones is 1. The molecule has 0 aromatic heterocycles. The Hall–Kier alpha value is -2.75. The molecule has 0 unspecified atom stereocenters. The summed E-state index contributed by atoms with van der Waals surface area (Å²) in [6.45, 7) is 4.95. The summed E-state index contributed by atoms with van der Waals surface area (Å²) < 4.78 is 24.3. The minimum atomic E-state index is -3.29. The number of nitrogens with zero attached hydrogens (tertiary/aromatic N) is 3. The zero-order chi connectivity index (χ0) is 25.6. The van der Waals surface area contributed by atoms with E-state index in [2.05, 4.69) is 10.2 Å². The average Bonchev–Trinajstić information content (AvgIpc) is 2.80. The number of piperidine rings is 1. The number of likely N-dealkylation sites (N-methyl/N-ethyl adjacent to an activating group) is 1. The lowest BCUT2D eigenvalue weighted by Crippen LogP contribution is -2.50. The van der Waals surface area contributed by atoms with Crippen molar-refractivity contribution >= 4 is 27.3 Å². The van der Waals surface area contributed by atoms with Crippen LogP contribution in [0, 0.1) is 0 Å². The molecule has 1 N–H and O–H groups in total. The third-order valence-corrected chi connectivity index (χ3v) is 7.53. The molecule has 0 spiro atoms. The van der Waals surface area contributed by atoms with E-state index < -0.39 is 9.84 Å². The predicted molar refractivity (Wildman–Crippen MR) is 139 cm³/mol. The van der Waals surface area contributed by atoms with Gasteiger partial charge >= 0.3 is 6.03 Å². The van der Waals surface area contributed by atoms with Crippen molar-refractivity contribution in [2.45, 2.75) is 37.2 Å². The Morgan fingerprint density at radius 2 is 1.71 bits per heavy atom. The minimum Gasteiger partial charge on any atom is -0.320 e. The second kappa shape index (κ2) is 11.8. The highest BCUT2D eigenvalue weighted by atomic mass is 32.2. The summed E-state index contributed by atoms with van der Waals surface area (Å²) in [5, 5.41) is 2.97. The number of carbonyl (C=O) groups excluding carboxylic acids is 2. The van der Waals surface area contributed by atoms with E-state index in [1.54, 1.807) is 36.4 Å². The van der Waals surface area contributed by atoms with Gasteiger partial charge in [0.25, 0.3) is 0 Å². The second-order valence-corrected chi connectivity index (χ2v) is 11.4. The molecule has 0 bridgehead atoms. The first-order valence-electron chi connectivity index (χ1n) is 11.9. The Bertz CT molecular complexity index is 1140. The van der Waals surface area contributed by atoms with Crippen LogP contribution in [0.1, 0.15) is 35.7 Å². The smallest absolute Gasteiger partial charge is 0.320 e. The van der Waals surface area contributed by atoms with Crippen molar-refractivity contribution in [2.24, 2.45) is 0 Å². The highest BCUT2D eigenvalue weighted by Gasteiger charge is 2.28. The summed E-state index contributed by atoms with van der Waals surface area (Å²) in [7, 11) is 0.674. The number of likely N-dealkylation sites (tertiary alicyclic amines) is 1. The number of carbonyl (C=O) groups is 2. The Kier molecular flexibility index (Phi) is 9.04. The molecule has 9 heteroatoms. The van der Waals surface area contributed by atoms with E-state index in [4.69, 9.17) is 0 Å². The minimum absolute atomic E-state index is 0.0459. The predicted octanol–water partition coefficient (Wildman–Crippen LogP) is 3.35. The molecular weight excluding hydrogens is 464 g/mol. The molecule has 8 nitrogen and oxygen atoms in total. The molecule has 1 heterocycles. The van der Waals surface area contributed by atoms with Crippen molar-refractivity contribution in [3.05, 3.63) is 59.7 Å². The van der Waals surface area contributed by atoms with Crippen molar-refractivity contribution in [1.29, 1.82) is 0 Å². The van der Waals surface area contributed by atoms with Crippen LogP contribution in [-0.4, -0.2) is 87.5 Å².